The second-order valence-electron chi connectivity index (χ2n) is 8.44. The molecular weight excluding hydrogens is 372 g/mol. The van der Waals surface area contributed by atoms with E-state index < -0.39 is 0 Å². The average Bonchev–Trinajstić information content (AvgIpc) is 2.68. The van der Waals surface area contributed by atoms with Gasteiger partial charge in [0.15, 0.2) is 0 Å². The van der Waals surface area contributed by atoms with Crippen LogP contribution in [0.1, 0.15) is 72.3 Å². The van der Waals surface area contributed by atoms with E-state index in [1.165, 1.54) is 17.2 Å². The summed E-state index contributed by atoms with van der Waals surface area (Å²) in [5.41, 5.74) is 5.62. The summed E-state index contributed by atoms with van der Waals surface area (Å²) in [7, 11) is 0. The number of nitrogens with one attached hydrogen (secondary N) is 1. The highest BCUT2D eigenvalue weighted by Gasteiger charge is 2.18. The van der Waals surface area contributed by atoms with E-state index in [1.54, 1.807) is 11.5 Å². The quantitative estimate of drug-likeness (QED) is 0.573. The molecule has 0 unspecified atom stereocenters. The first-order valence-corrected chi connectivity index (χ1v) is 10.4. The van der Waals surface area contributed by atoms with Crippen LogP contribution in [-0.4, -0.2) is 10.5 Å². The van der Waals surface area contributed by atoms with Gasteiger partial charge in [0.25, 0.3) is 11.5 Å². The van der Waals surface area contributed by atoms with Crippen LogP contribution in [0.5, 0.6) is 0 Å². The minimum Gasteiger partial charge on any atom is -0.322 e. The zero-order valence-electron chi connectivity index (χ0n) is 18.6. The number of aryl methyl sites for hydroxylation is 1. The van der Waals surface area contributed by atoms with Crippen LogP contribution in [0.2, 0.25) is 0 Å². The Hall–Kier alpha value is -3.14. The molecule has 1 heterocycles. The molecule has 0 aliphatic carbocycles. The number of hydrogen-bond acceptors (Lipinski definition) is 2. The lowest BCUT2D eigenvalue weighted by molar-refractivity contribution is 0.102. The first-order valence-electron chi connectivity index (χ1n) is 10.4. The first kappa shape index (κ1) is 21.6. The van der Waals surface area contributed by atoms with Gasteiger partial charge in [0, 0.05) is 23.1 Å². The molecule has 0 fully saturated rings. The van der Waals surface area contributed by atoms with E-state index >= 15 is 0 Å². The highest BCUT2D eigenvalue weighted by atomic mass is 16.2. The minimum absolute atomic E-state index is 0.139. The Morgan fingerprint density at radius 2 is 1.33 bits per heavy atom. The molecule has 1 aromatic heterocycles. The Morgan fingerprint density at radius 1 is 0.833 bits per heavy atom. The van der Waals surface area contributed by atoms with Crippen molar-refractivity contribution in [3.63, 3.8) is 0 Å². The highest BCUT2D eigenvalue weighted by Crippen LogP contribution is 2.21. The number of nitrogens with zero attached hydrogens (tertiary/aromatic N) is 1. The zero-order chi connectivity index (χ0) is 22.0. The van der Waals surface area contributed by atoms with Crippen LogP contribution in [0.25, 0.3) is 5.69 Å². The summed E-state index contributed by atoms with van der Waals surface area (Å²) in [6.07, 6.45) is 0. The lowest BCUT2D eigenvalue weighted by atomic mass is 10.0. The molecule has 4 heteroatoms. The van der Waals surface area contributed by atoms with Crippen molar-refractivity contribution in [2.24, 2.45) is 0 Å². The molecule has 2 aromatic carbocycles. The number of aromatic nitrogens is 1. The maximum atomic E-state index is 13.1. The Bertz CT molecular complexity index is 1110. The van der Waals surface area contributed by atoms with E-state index in [0.717, 1.165) is 11.4 Å². The average molecular weight is 403 g/mol. The van der Waals surface area contributed by atoms with Gasteiger partial charge in [-0.2, -0.15) is 0 Å². The van der Waals surface area contributed by atoms with Crippen LogP contribution in [0.15, 0.2) is 59.4 Å². The Morgan fingerprint density at radius 3 is 1.83 bits per heavy atom. The number of benzene rings is 2. The van der Waals surface area contributed by atoms with Crippen molar-refractivity contribution in [2.45, 2.75) is 53.4 Å². The molecule has 30 heavy (non-hydrogen) atoms. The van der Waals surface area contributed by atoms with Gasteiger partial charge in [-0.25, -0.2) is 0 Å². The number of carbonyl (C=O) groups excluding carboxylic acids is 1. The molecule has 0 spiro atoms. The van der Waals surface area contributed by atoms with Crippen molar-refractivity contribution < 1.29 is 4.79 Å². The number of anilines is 1. The molecule has 3 aromatic rings. The summed E-state index contributed by atoms with van der Waals surface area (Å²) >= 11 is 0. The first-order chi connectivity index (χ1) is 14.2. The predicted octanol–water partition coefficient (Wildman–Crippen LogP) is 5.95. The maximum absolute atomic E-state index is 13.1. The Kier molecular flexibility index (Phi) is 6.25. The molecule has 0 bridgehead atoms. The van der Waals surface area contributed by atoms with Crippen LogP contribution < -0.4 is 10.9 Å². The number of hydrogen-bond donors (Lipinski definition) is 1. The smallest absolute Gasteiger partial charge is 0.257 e. The molecule has 0 aliphatic rings. The summed E-state index contributed by atoms with van der Waals surface area (Å²) < 4.78 is 1.61. The summed E-state index contributed by atoms with van der Waals surface area (Å²) in [4.78, 5) is 25.8. The Labute approximate surface area is 178 Å². The van der Waals surface area contributed by atoms with Crippen molar-refractivity contribution in [2.75, 3.05) is 5.32 Å². The second-order valence-corrected chi connectivity index (χ2v) is 8.44. The van der Waals surface area contributed by atoms with Gasteiger partial charge in [0.1, 0.15) is 0 Å². The molecule has 4 nitrogen and oxygen atoms in total. The van der Waals surface area contributed by atoms with Crippen molar-refractivity contribution >= 4 is 11.6 Å². The van der Waals surface area contributed by atoms with Gasteiger partial charge in [0.2, 0.25) is 0 Å². The van der Waals surface area contributed by atoms with E-state index in [2.05, 4.69) is 33.0 Å². The molecule has 0 atom stereocenters. The third-order valence-electron chi connectivity index (χ3n) is 5.53. The number of carbonyl (C=O) groups is 1. The van der Waals surface area contributed by atoms with Gasteiger partial charge >= 0.3 is 0 Å². The fraction of sp³-hybridized carbons (Fsp3) is 0.308. The van der Waals surface area contributed by atoms with E-state index in [1.807, 2.05) is 55.5 Å². The third kappa shape index (κ3) is 4.38. The molecule has 0 saturated heterocycles. The molecule has 0 radical (unpaired) electrons. The van der Waals surface area contributed by atoms with Crippen LogP contribution in [0.3, 0.4) is 0 Å². The van der Waals surface area contributed by atoms with Gasteiger partial charge < -0.3 is 5.32 Å². The minimum atomic E-state index is -0.213. The summed E-state index contributed by atoms with van der Waals surface area (Å²) in [6, 6.07) is 17.3. The third-order valence-corrected chi connectivity index (χ3v) is 5.53. The summed E-state index contributed by atoms with van der Waals surface area (Å²) in [5, 5.41) is 2.97. The van der Waals surface area contributed by atoms with Crippen LogP contribution >= 0.6 is 0 Å². The van der Waals surface area contributed by atoms with Crippen LogP contribution in [-0.2, 0) is 0 Å². The largest absolute Gasteiger partial charge is 0.322 e. The molecule has 0 aliphatic heterocycles. The van der Waals surface area contributed by atoms with Gasteiger partial charge in [-0.05, 0) is 66.6 Å². The lowest BCUT2D eigenvalue weighted by Crippen LogP contribution is -2.26. The van der Waals surface area contributed by atoms with Crippen molar-refractivity contribution in [1.82, 2.24) is 4.57 Å². The highest BCUT2D eigenvalue weighted by molar-refractivity contribution is 6.06. The van der Waals surface area contributed by atoms with Crippen LogP contribution in [0, 0.1) is 13.8 Å². The van der Waals surface area contributed by atoms with Gasteiger partial charge in [-0.3, -0.25) is 14.2 Å². The normalized spacial score (nSPS) is 11.2. The maximum Gasteiger partial charge on any atom is 0.257 e. The van der Waals surface area contributed by atoms with Gasteiger partial charge in [0.05, 0.1) is 5.56 Å². The molecule has 3 rings (SSSR count). The van der Waals surface area contributed by atoms with E-state index in [-0.39, 0.29) is 11.5 Å². The molecule has 1 amide bonds. The zero-order valence-corrected chi connectivity index (χ0v) is 18.6. The van der Waals surface area contributed by atoms with Crippen molar-refractivity contribution in [3.8, 4) is 5.69 Å². The topological polar surface area (TPSA) is 51.1 Å². The molecular formula is C26H30N2O2. The number of amides is 1. The summed E-state index contributed by atoms with van der Waals surface area (Å²) in [6.45, 7) is 12.2. The number of rotatable bonds is 5. The van der Waals surface area contributed by atoms with E-state index in [9.17, 15) is 9.59 Å². The van der Waals surface area contributed by atoms with Crippen molar-refractivity contribution in [1.29, 1.82) is 0 Å². The predicted molar refractivity (Wildman–Crippen MR) is 124 cm³/mol. The molecule has 0 saturated carbocycles. The van der Waals surface area contributed by atoms with E-state index in [4.69, 9.17) is 0 Å². The molecule has 1 N–H and O–H groups in total. The standard InChI is InChI=1S/C26H30N2O2/c1-16(2)20-7-11-22(12-8-20)27-26(30)25-18(5)15-24(29)28(19(25)6)23-13-9-21(10-14-23)17(3)4/h7-17H,1-6H3,(H,27,30). The van der Waals surface area contributed by atoms with Crippen LogP contribution in [0.4, 0.5) is 5.69 Å². The van der Waals surface area contributed by atoms with Crippen molar-refractivity contribution in [3.05, 3.63) is 92.9 Å². The fourth-order valence-corrected chi connectivity index (χ4v) is 3.70. The second kappa shape index (κ2) is 8.70. The number of pyridine rings is 1. The SMILES string of the molecule is Cc1cc(=O)n(-c2ccc(C(C)C)cc2)c(C)c1C(=O)Nc1ccc(C(C)C)cc1. The van der Waals surface area contributed by atoms with E-state index in [0.29, 0.717) is 28.7 Å². The van der Waals surface area contributed by atoms with Gasteiger partial charge in [-0.15, -0.1) is 0 Å². The fourth-order valence-electron chi connectivity index (χ4n) is 3.70. The monoisotopic (exact) mass is 402 g/mol. The summed E-state index contributed by atoms with van der Waals surface area (Å²) in [5.74, 6) is 0.637. The molecule has 156 valence electrons. The van der Waals surface area contributed by atoms with Gasteiger partial charge in [-0.1, -0.05) is 52.0 Å². The Balaban J connectivity index is 1.98. The lowest BCUT2D eigenvalue weighted by Gasteiger charge is -2.17.